The number of para-hydroxylation sites is 1. The van der Waals surface area contributed by atoms with Crippen LogP contribution in [0.5, 0.6) is 5.75 Å². The zero-order valence-corrected chi connectivity index (χ0v) is 13.3. The van der Waals surface area contributed by atoms with Crippen LogP contribution in [0.15, 0.2) is 18.2 Å². The van der Waals surface area contributed by atoms with Gasteiger partial charge in [-0.25, -0.2) is 4.98 Å². The van der Waals surface area contributed by atoms with Gasteiger partial charge in [-0.15, -0.1) is 11.6 Å². The number of aromatic nitrogens is 2. The maximum absolute atomic E-state index is 6.37. The average Bonchev–Trinajstić information content (AvgIpc) is 2.89. The summed E-state index contributed by atoms with van der Waals surface area (Å²) in [7, 11) is 0. The number of hydrogen-bond acceptors (Lipinski definition) is 3. The van der Waals surface area contributed by atoms with Gasteiger partial charge in [-0.05, 0) is 38.8 Å². The summed E-state index contributed by atoms with van der Waals surface area (Å²) < 4.78 is 13.5. The lowest BCUT2D eigenvalue weighted by atomic mass is 10.1. The minimum Gasteiger partial charge on any atom is -0.492 e. The molecule has 2 heterocycles. The van der Waals surface area contributed by atoms with Crippen molar-refractivity contribution in [1.82, 2.24) is 9.55 Å². The molecule has 2 aromatic rings. The molecule has 0 aliphatic carbocycles. The Kier molecular flexibility index (Phi) is 4.36. The Balaban J connectivity index is 2.15. The highest BCUT2D eigenvalue weighted by Gasteiger charge is 2.24. The van der Waals surface area contributed by atoms with Crippen LogP contribution in [-0.2, 0) is 4.74 Å². The minimum atomic E-state index is -0.130. The van der Waals surface area contributed by atoms with E-state index < -0.39 is 0 Å². The van der Waals surface area contributed by atoms with Crippen molar-refractivity contribution >= 4 is 22.6 Å². The van der Waals surface area contributed by atoms with Gasteiger partial charge in [0.05, 0.1) is 17.5 Å². The summed E-state index contributed by atoms with van der Waals surface area (Å²) in [5.74, 6) is 1.75. The van der Waals surface area contributed by atoms with Gasteiger partial charge in [-0.3, -0.25) is 0 Å². The van der Waals surface area contributed by atoms with E-state index >= 15 is 0 Å². The van der Waals surface area contributed by atoms with Gasteiger partial charge in [0, 0.05) is 19.3 Å². The molecule has 0 bridgehead atoms. The second-order valence-corrected chi connectivity index (χ2v) is 6.01. The van der Waals surface area contributed by atoms with Crippen LogP contribution in [0, 0.1) is 0 Å². The summed E-state index contributed by atoms with van der Waals surface area (Å²) >= 11 is 6.37. The molecule has 0 saturated carbocycles. The summed E-state index contributed by atoms with van der Waals surface area (Å²) in [6, 6.07) is 6.49. The van der Waals surface area contributed by atoms with E-state index in [4.69, 9.17) is 26.1 Å². The Morgan fingerprint density at radius 1 is 1.43 bits per heavy atom. The lowest BCUT2D eigenvalue weighted by Gasteiger charge is -2.26. The van der Waals surface area contributed by atoms with Crippen LogP contribution in [0.4, 0.5) is 0 Å². The van der Waals surface area contributed by atoms with Gasteiger partial charge in [0.2, 0.25) is 0 Å². The lowest BCUT2D eigenvalue weighted by Crippen LogP contribution is -2.21. The average molecular weight is 309 g/mol. The second kappa shape index (κ2) is 6.24. The molecule has 1 saturated heterocycles. The number of imidazole rings is 1. The first kappa shape index (κ1) is 14.7. The molecule has 1 aromatic carbocycles. The predicted molar refractivity (Wildman–Crippen MR) is 84.3 cm³/mol. The third kappa shape index (κ3) is 2.74. The maximum Gasteiger partial charge on any atom is 0.147 e. The summed E-state index contributed by atoms with van der Waals surface area (Å²) in [6.07, 6.45) is 2.00. The van der Waals surface area contributed by atoms with Crippen LogP contribution < -0.4 is 4.74 Å². The van der Waals surface area contributed by atoms with Gasteiger partial charge >= 0.3 is 0 Å². The molecule has 3 rings (SSSR count). The highest BCUT2D eigenvalue weighted by molar-refractivity contribution is 6.20. The van der Waals surface area contributed by atoms with Gasteiger partial charge in [0.25, 0.3) is 0 Å². The number of hydrogen-bond donors (Lipinski definition) is 0. The first-order valence-electron chi connectivity index (χ1n) is 7.57. The molecule has 1 fully saturated rings. The fourth-order valence-corrected chi connectivity index (χ4v) is 3.14. The zero-order valence-electron chi connectivity index (χ0n) is 12.5. The lowest BCUT2D eigenvalue weighted by molar-refractivity contribution is 0.0698. The third-order valence-corrected chi connectivity index (χ3v) is 4.12. The van der Waals surface area contributed by atoms with Crippen molar-refractivity contribution in [2.24, 2.45) is 0 Å². The fourth-order valence-electron chi connectivity index (χ4n) is 2.99. The van der Waals surface area contributed by atoms with Gasteiger partial charge in [0.15, 0.2) is 0 Å². The van der Waals surface area contributed by atoms with E-state index in [1.807, 2.05) is 26.0 Å². The predicted octanol–water partition coefficient (Wildman–Crippen LogP) is 4.09. The van der Waals surface area contributed by atoms with Crippen molar-refractivity contribution in [2.45, 2.75) is 38.1 Å². The standard InChI is InChI=1S/C16H21ClN2O2/c1-3-21-14-6-4-5-13-15(14)18-16(11(2)17)19(13)12-7-9-20-10-8-12/h4-6,11-12H,3,7-10H2,1-2H3. The number of rotatable bonds is 4. The number of benzene rings is 1. The molecule has 0 radical (unpaired) electrons. The van der Waals surface area contributed by atoms with E-state index in [2.05, 4.69) is 10.6 Å². The highest BCUT2D eigenvalue weighted by atomic mass is 35.5. The van der Waals surface area contributed by atoms with Gasteiger partial charge in [-0.1, -0.05) is 6.07 Å². The smallest absolute Gasteiger partial charge is 0.147 e. The summed E-state index contributed by atoms with van der Waals surface area (Å²) in [5.41, 5.74) is 2.02. The molecule has 0 spiro atoms. The molecule has 1 atom stereocenters. The van der Waals surface area contributed by atoms with E-state index in [1.54, 1.807) is 0 Å². The Bertz CT molecular complexity index is 618. The number of nitrogens with zero attached hydrogens (tertiary/aromatic N) is 2. The largest absolute Gasteiger partial charge is 0.492 e. The van der Waals surface area contributed by atoms with Crippen LogP contribution in [0.25, 0.3) is 11.0 Å². The molecule has 1 unspecified atom stereocenters. The van der Waals surface area contributed by atoms with E-state index in [0.29, 0.717) is 12.6 Å². The van der Waals surface area contributed by atoms with Crippen LogP contribution in [-0.4, -0.2) is 29.4 Å². The maximum atomic E-state index is 6.37. The molecule has 5 heteroatoms. The molecule has 21 heavy (non-hydrogen) atoms. The van der Waals surface area contributed by atoms with Gasteiger partial charge < -0.3 is 14.0 Å². The van der Waals surface area contributed by atoms with E-state index in [0.717, 1.165) is 48.7 Å². The Morgan fingerprint density at radius 2 is 2.19 bits per heavy atom. The third-order valence-electron chi connectivity index (χ3n) is 3.92. The van der Waals surface area contributed by atoms with Crippen molar-refractivity contribution in [1.29, 1.82) is 0 Å². The summed E-state index contributed by atoms with van der Waals surface area (Å²) in [6.45, 7) is 6.19. The molecule has 114 valence electrons. The number of halogens is 1. The Hall–Kier alpha value is -1.26. The molecule has 1 aliphatic heterocycles. The van der Waals surface area contributed by atoms with Crippen LogP contribution >= 0.6 is 11.6 Å². The quantitative estimate of drug-likeness (QED) is 0.798. The number of ether oxygens (including phenoxy) is 2. The van der Waals surface area contributed by atoms with Crippen LogP contribution in [0.2, 0.25) is 0 Å². The molecular formula is C16H21ClN2O2. The van der Waals surface area contributed by atoms with E-state index in [1.165, 1.54) is 0 Å². The SMILES string of the molecule is CCOc1cccc2c1nc(C(C)Cl)n2C1CCOCC1. The van der Waals surface area contributed by atoms with Crippen LogP contribution in [0.1, 0.15) is 43.9 Å². The summed E-state index contributed by atoms with van der Waals surface area (Å²) in [4.78, 5) is 4.77. The van der Waals surface area contributed by atoms with Crippen molar-refractivity contribution in [3.05, 3.63) is 24.0 Å². The summed E-state index contributed by atoms with van der Waals surface area (Å²) in [5, 5.41) is -0.130. The van der Waals surface area contributed by atoms with E-state index in [-0.39, 0.29) is 5.38 Å². The van der Waals surface area contributed by atoms with Crippen molar-refractivity contribution in [3.63, 3.8) is 0 Å². The Labute approximate surface area is 130 Å². The second-order valence-electron chi connectivity index (χ2n) is 5.36. The van der Waals surface area contributed by atoms with Gasteiger partial charge in [0.1, 0.15) is 17.1 Å². The molecular weight excluding hydrogens is 288 g/mol. The first-order chi connectivity index (χ1) is 10.2. The molecule has 4 nitrogen and oxygen atoms in total. The minimum absolute atomic E-state index is 0.130. The van der Waals surface area contributed by atoms with Crippen molar-refractivity contribution in [3.8, 4) is 5.75 Å². The van der Waals surface area contributed by atoms with E-state index in [9.17, 15) is 0 Å². The highest BCUT2D eigenvalue weighted by Crippen LogP contribution is 2.35. The zero-order chi connectivity index (χ0) is 14.8. The molecule has 1 aromatic heterocycles. The van der Waals surface area contributed by atoms with Crippen molar-refractivity contribution < 1.29 is 9.47 Å². The van der Waals surface area contributed by atoms with Crippen LogP contribution in [0.3, 0.4) is 0 Å². The fraction of sp³-hybridized carbons (Fsp3) is 0.562. The normalized spacial score (nSPS) is 18.0. The van der Waals surface area contributed by atoms with Crippen molar-refractivity contribution in [2.75, 3.05) is 19.8 Å². The first-order valence-corrected chi connectivity index (χ1v) is 8.01. The monoisotopic (exact) mass is 308 g/mol. The molecule has 0 amide bonds. The molecule has 1 aliphatic rings. The number of alkyl halides is 1. The Morgan fingerprint density at radius 3 is 2.86 bits per heavy atom. The topological polar surface area (TPSA) is 36.3 Å². The van der Waals surface area contributed by atoms with Gasteiger partial charge in [-0.2, -0.15) is 0 Å². The molecule has 0 N–H and O–H groups in total. The number of fused-ring (bicyclic) bond motifs is 1.